The predicted octanol–water partition coefficient (Wildman–Crippen LogP) is -0.0513. The van der Waals surface area contributed by atoms with Crippen LogP contribution in [-0.4, -0.2) is 21.6 Å². The maximum Gasteiger partial charge on any atom is 0.234 e. The second-order valence-electron chi connectivity index (χ2n) is 2.21. The molecular formula is C7H10N4OS. The lowest BCUT2D eigenvalue weighted by molar-refractivity contribution is -0.120. The van der Waals surface area contributed by atoms with Gasteiger partial charge in [0.05, 0.1) is 5.03 Å². The van der Waals surface area contributed by atoms with Crippen molar-refractivity contribution in [3.8, 4) is 0 Å². The first-order valence-corrected chi connectivity index (χ1v) is 4.69. The first-order valence-electron chi connectivity index (χ1n) is 3.71. The van der Waals surface area contributed by atoms with Crippen molar-refractivity contribution in [3.63, 3.8) is 0 Å². The van der Waals surface area contributed by atoms with E-state index in [-0.39, 0.29) is 5.91 Å². The van der Waals surface area contributed by atoms with Crippen molar-refractivity contribution in [2.24, 2.45) is 5.84 Å². The fourth-order valence-electron chi connectivity index (χ4n) is 0.684. The first-order chi connectivity index (χ1) is 6.33. The summed E-state index contributed by atoms with van der Waals surface area (Å²) in [6.07, 6.45) is 3.54. The summed E-state index contributed by atoms with van der Waals surface area (Å²) in [5.74, 6) is 5.42. The van der Waals surface area contributed by atoms with Gasteiger partial charge in [-0.05, 0) is 6.07 Å². The van der Waals surface area contributed by atoms with Crippen LogP contribution in [0.5, 0.6) is 0 Å². The number of nitrogens with one attached hydrogen (secondary N) is 1. The van der Waals surface area contributed by atoms with Crippen LogP contribution in [0.15, 0.2) is 23.6 Å². The Morgan fingerprint density at radius 2 is 2.54 bits per heavy atom. The largest absolute Gasteiger partial charge is 0.294 e. The van der Waals surface area contributed by atoms with Gasteiger partial charge in [0.1, 0.15) is 6.33 Å². The quantitative estimate of drug-likeness (QED) is 0.233. The number of carbonyl (C=O) groups is 1. The Kier molecular flexibility index (Phi) is 4.20. The molecule has 5 nitrogen and oxygen atoms in total. The molecule has 0 saturated carbocycles. The van der Waals surface area contributed by atoms with Crippen LogP contribution < -0.4 is 11.3 Å². The van der Waals surface area contributed by atoms with Crippen LogP contribution in [0.4, 0.5) is 0 Å². The molecule has 0 fully saturated rings. The molecular weight excluding hydrogens is 188 g/mol. The minimum absolute atomic E-state index is 0.165. The van der Waals surface area contributed by atoms with E-state index in [1.165, 1.54) is 18.1 Å². The maximum atomic E-state index is 10.7. The molecule has 1 amide bonds. The molecule has 0 aliphatic carbocycles. The topological polar surface area (TPSA) is 80.9 Å². The molecule has 0 spiro atoms. The van der Waals surface area contributed by atoms with Crippen molar-refractivity contribution >= 4 is 17.7 Å². The second kappa shape index (κ2) is 5.50. The zero-order valence-corrected chi connectivity index (χ0v) is 7.75. The fraction of sp³-hybridized carbons (Fsp3) is 0.286. The molecule has 0 saturated heterocycles. The zero-order chi connectivity index (χ0) is 9.52. The molecule has 0 radical (unpaired) electrons. The van der Waals surface area contributed by atoms with Crippen molar-refractivity contribution in [1.82, 2.24) is 15.4 Å². The third kappa shape index (κ3) is 3.86. The molecule has 0 unspecified atom stereocenters. The van der Waals surface area contributed by atoms with Gasteiger partial charge in [0, 0.05) is 18.4 Å². The molecule has 1 aromatic rings. The second-order valence-corrected chi connectivity index (χ2v) is 3.33. The molecule has 0 aromatic carbocycles. The highest BCUT2D eigenvalue weighted by Gasteiger charge is 1.99. The van der Waals surface area contributed by atoms with E-state index in [4.69, 9.17) is 5.84 Å². The summed E-state index contributed by atoms with van der Waals surface area (Å²) in [4.78, 5) is 18.5. The van der Waals surface area contributed by atoms with Gasteiger partial charge >= 0.3 is 0 Å². The van der Waals surface area contributed by atoms with E-state index >= 15 is 0 Å². The number of nitrogens with two attached hydrogens (primary N) is 1. The lowest BCUT2D eigenvalue weighted by Gasteiger charge is -1.98. The van der Waals surface area contributed by atoms with Gasteiger partial charge in [0.25, 0.3) is 0 Å². The smallest absolute Gasteiger partial charge is 0.234 e. The van der Waals surface area contributed by atoms with E-state index in [0.717, 1.165) is 5.03 Å². The maximum absolute atomic E-state index is 10.7. The summed E-state index contributed by atoms with van der Waals surface area (Å²) in [6.45, 7) is 0. The highest BCUT2D eigenvalue weighted by atomic mass is 32.2. The molecule has 0 aliphatic rings. The summed E-state index contributed by atoms with van der Waals surface area (Å²) < 4.78 is 0. The van der Waals surface area contributed by atoms with Gasteiger partial charge in [-0.15, -0.1) is 11.8 Å². The molecule has 0 aliphatic heterocycles. The normalized spacial score (nSPS) is 9.62. The minimum Gasteiger partial charge on any atom is -0.294 e. The van der Waals surface area contributed by atoms with E-state index in [1.807, 2.05) is 0 Å². The number of hydrogen-bond donors (Lipinski definition) is 2. The average molecular weight is 198 g/mol. The van der Waals surface area contributed by atoms with Crippen molar-refractivity contribution in [2.75, 3.05) is 5.75 Å². The van der Waals surface area contributed by atoms with Gasteiger partial charge in [0.2, 0.25) is 5.91 Å². The molecule has 13 heavy (non-hydrogen) atoms. The Morgan fingerprint density at radius 3 is 3.15 bits per heavy atom. The molecule has 0 bridgehead atoms. The van der Waals surface area contributed by atoms with Crippen molar-refractivity contribution in [3.05, 3.63) is 18.6 Å². The lowest BCUT2D eigenvalue weighted by Crippen LogP contribution is -2.30. The molecule has 1 rings (SSSR count). The molecule has 1 heterocycles. The SMILES string of the molecule is NNC(=O)CCSc1ccncn1. The first kappa shape index (κ1) is 9.94. The number of hydrogen-bond acceptors (Lipinski definition) is 5. The van der Waals surface area contributed by atoms with Crippen LogP contribution >= 0.6 is 11.8 Å². The van der Waals surface area contributed by atoms with Gasteiger partial charge < -0.3 is 0 Å². The number of hydrazine groups is 1. The third-order valence-electron chi connectivity index (χ3n) is 1.29. The van der Waals surface area contributed by atoms with E-state index in [0.29, 0.717) is 12.2 Å². The Balaban J connectivity index is 2.24. The van der Waals surface area contributed by atoms with Crippen LogP contribution in [0.2, 0.25) is 0 Å². The number of aromatic nitrogens is 2. The Bertz CT molecular complexity index is 266. The zero-order valence-electron chi connectivity index (χ0n) is 6.93. The summed E-state index contributed by atoms with van der Waals surface area (Å²) in [7, 11) is 0. The van der Waals surface area contributed by atoms with Crippen LogP contribution in [-0.2, 0) is 4.79 Å². The molecule has 3 N–H and O–H groups in total. The van der Waals surface area contributed by atoms with Crippen LogP contribution in [0, 0.1) is 0 Å². The van der Waals surface area contributed by atoms with Crippen molar-refractivity contribution in [1.29, 1.82) is 0 Å². The number of rotatable bonds is 4. The van der Waals surface area contributed by atoms with Gasteiger partial charge in [0.15, 0.2) is 0 Å². The number of carbonyl (C=O) groups excluding carboxylic acids is 1. The lowest BCUT2D eigenvalue weighted by atomic mass is 10.5. The Morgan fingerprint density at radius 1 is 1.69 bits per heavy atom. The predicted molar refractivity (Wildman–Crippen MR) is 49.7 cm³/mol. The van der Waals surface area contributed by atoms with Crippen LogP contribution in [0.3, 0.4) is 0 Å². The van der Waals surface area contributed by atoms with E-state index < -0.39 is 0 Å². The minimum atomic E-state index is -0.165. The van der Waals surface area contributed by atoms with Gasteiger partial charge in [-0.1, -0.05) is 0 Å². The average Bonchev–Trinajstić information content (AvgIpc) is 2.19. The van der Waals surface area contributed by atoms with E-state index in [2.05, 4.69) is 15.4 Å². The Hall–Kier alpha value is -1.14. The summed E-state index contributed by atoms with van der Waals surface area (Å²) in [6, 6.07) is 1.80. The van der Waals surface area contributed by atoms with Gasteiger partial charge in [-0.2, -0.15) is 0 Å². The van der Waals surface area contributed by atoms with Crippen LogP contribution in [0.25, 0.3) is 0 Å². The molecule has 6 heteroatoms. The Labute approximate surface area is 80.1 Å². The summed E-state index contributed by atoms with van der Waals surface area (Å²) in [5, 5.41) is 0.861. The third-order valence-corrected chi connectivity index (χ3v) is 2.24. The highest BCUT2D eigenvalue weighted by Crippen LogP contribution is 2.13. The monoisotopic (exact) mass is 198 g/mol. The van der Waals surface area contributed by atoms with Crippen LogP contribution in [0.1, 0.15) is 6.42 Å². The summed E-state index contributed by atoms with van der Waals surface area (Å²) >= 11 is 1.50. The van der Waals surface area contributed by atoms with E-state index in [1.54, 1.807) is 12.3 Å². The van der Waals surface area contributed by atoms with Crippen molar-refractivity contribution < 1.29 is 4.79 Å². The summed E-state index contributed by atoms with van der Waals surface area (Å²) in [5.41, 5.74) is 2.07. The molecule has 1 aromatic heterocycles. The van der Waals surface area contributed by atoms with Gasteiger partial charge in [-0.3, -0.25) is 10.2 Å². The standard InChI is InChI=1S/C7H10N4OS/c8-11-6(12)2-4-13-7-1-3-9-5-10-7/h1,3,5H,2,4,8H2,(H,11,12). The van der Waals surface area contributed by atoms with Crippen molar-refractivity contribution in [2.45, 2.75) is 11.4 Å². The number of nitrogens with zero attached hydrogens (tertiary/aromatic N) is 2. The number of amides is 1. The molecule has 70 valence electrons. The van der Waals surface area contributed by atoms with Gasteiger partial charge in [-0.25, -0.2) is 15.8 Å². The van der Waals surface area contributed by atoms with E-state index in [9.17, 15) is 4.79 Å². The number of thioether (sulfide) groups is 1. The molecule has 0 atom stereocenters. The highest BCUT2D eigenvalue weighted by molar-refractivity contribution is 7.99. The fourth-order valence-corrected chi connectivity index (χ4v) is 1.46.